The highest BCUT2D eigenvalue weighted by atomic mass is 35.5. The summed E-state index contributed by atoms with van der Waals surface area (Å²) in [6, 6.07) is 4.99. The van der Waals surface area contributed by atoms with Crippen LogP contribution in [0.4, 0.5) is 17.5 Å². The van der Waals surface area contributed by atoms with E-state index in [1.807, 2.05) is 6.07 Å². The van der Waals surface area contributed by atoms with Gasteiger partial charge >= 0.3 is 0 Å². The van der Waals surface area contributed by atoms with Crippen molar-refractivity contribution < 1.29 is 10.2 Å². The molecular weight excluding hydrogens is 358 g/mol. The average molecular weight is 376 g/mol. The van der Waals surface area contributed by atoms with Gasteiger partial charge in [-0.3, -0.25) is 9.67 Å². The molecule has 10 heteroatoms. The van der Waals surface area contributed by atoms with Crippen LogP contribution in [0, 0.1) is 0 Å². The molecule has 26 heavy (non-hydrogen) atoms. The third kappa shape index (κ3) is 4.45. The molecule has 136 valence electrons. The van der Waals surface area contributed by atoms with E-state index in [-0.39, 0.29) is 13.2 Å². The van der Waals surface area contributed by atoms with Gasteiger partial charge < -0.3 is 20.8 Å². The van der Waals surface area contributed by atoms with Gasteiger partial charge in [-0.15, -0.1) is 0 Å². The Morgan fingerprint density at radius 3 is 2.81 bits per heavy atom. The van der Waals surface area contributed by atoms with E-state index >= 15 is 0 Å². The van der Waals surface area contributed by atoms with E-state index < -0.39 is 6.04 Å². The Kier molecular flexibility index (Phi) is 5.95. The van der Waals surface area contributed by atoms with Crippen molar-refractivity contribution in [2.24, 2.45) is 0 Å². The van der Waals surface area contributed by atoms with E-state index in [0.717, 1.165) is 0 Å². The largest absolute Gasteiger partial charge is 0.394 e. The number of nitrogens with zero attached hydrogens (tertiary/aromatic N) is 5. The van der Waals surface area contributed by atoms with Crippen LogP contribution in [0.2, 0.25) is 5.02 Å². The summed E-state index contributed by atoms with van der Waals surface area (Å²) < 4.78 is 1.60. The van der Waals surface area contributed by atoms with Crippen LogP contribution >= 0.6 is 11.6 Å². The van der Waals surface area contributed by atoms with Gasteiger partial charge in [0.2, 0.25) is 5.95 Å². The second-order valence-electron chi connectivity index (χ2n) is 5.36. The summed E-state index contributed by atoms with van der Waals surface area (Å²) in [5.41, 5.74) is 1.35. The molecular formula is C16H18ClN7O2. The molecule has 1 atom stereocenters. The molecule has 9 nitrogen and oxygen atoms in total. The monoisotopic (exact) mass is 375 g/mol. The Balaban J connectivity index is 1.76. The molecule has 4 N–H and O–H groups in total. The molecule has 0 radical (unpaired) electrons. The maximum atomic E-state index is 9.65. The smallest absolute Gasteiger partial charge is 0.229 e. The molecule has 0 amide bonds. The van der Waals surface area contributed by atoms with Gasteiger partial charge in [0, 0.05) is 12.4 Å². The van der Waals surface area contributed by atoms with Crippen molar-refractivity contribution in [1.82, 2.24) is 24.7 Å². The SMILES string of the molecule is OCCn1cc(Nc2ncc(Cl)c(N[C@H](CO)c3ccccn3)n2)cn1. The second-order valence-corrected chi connectivity index (χ2v) is 5.77. The lowest BCUT2D eigenvalue weighted by atomic mass is 10.2. The van der Waals surface area contributed by atoms with Crippen molar-refractivity contribution in [3.8, 4) is 0 Å². The van der Waals surface area contributed by atoms with Gasteiger partial charge in [0.25, 0.3) is 0 Å². The third-order valence-electron chi connectivity index (χ3n) is 3.50. The van der Waals surface area contributed by atoms with Crippen LogP contribution in [-0.2, 0) is 6.54 Å². The van der Waals surface area contributed by atoms with E-state index in [2.05, 4.69) is 30.7 Å². The molecule has 3 heterocycles. The first-order valence-corrected chi connectivity index (χ1v) is 8.28. The number of halogens is 1. The van der Waals surface area contributed by atoms with E-state index in [1.165, 1.54) is 6.20 Å². The van der Waals surface area contributed by atoms with Crippen molar-refractivity contribution in [2.75, 3.05) is 23.8 Å². The number of rotatable bonds is 8. The van der Waals surface area contributed by atoms with Gasteiger partial charge in [0.15, 0.2) is 5.82 Å². The summed E-state index contributed by atoms with van der Waals surface area (Å²) in [6.45, 7) is 0.231. The van der Waals surface area contributed by atoms with Gasteiger partial charge in [-0.1, -0.05) is 17.7 Å². The Bertz CT molecular complexity index is 844. The highest BCUT2D eigenvalue weighted by Gasteiger charge is 2.15. The Morgan fingerprint density at radius 2 is 2.08 bits per heavy atom. The average Bonchev–Trinajstić information content (AvgIpc) is 3.10. The molecule has 0 aliphatic carbocycles. The van der Waals surface area contributed by atoms with E-state index in [1.54, 1.807) is 35.4 Å². The van der Waals surface area contributed by atoms with Crippen molar-refractivity contribution in [1.29, 1.82) is 0 Å². The van der Waals surface area contributed by atoms with Crippen molar-refractivity contribution in [3.63, 3.8) is 0 Å². The number of hydrogen-bond donors (Lipinski definition) is 4. The van der Waals surface area contributed by atoms with Crippen LogP contribution < -0.4 is 10.6 Å². The molecule has 0 fully saturated rings. The van der Waals surface area contributed by atoms with Gasteiger partial charge in [-0.05, 0) is 12.1 Å². The molecule has 0 saturated carbocycles. The van der Waals surface area contributed by atoms with Crippen molar-refractivity contribution in [2.45, 2.75) is 12.6 Å². The summed E-state index contributed by atoms with van der Waals surface area (Å²) >= 11 is 6.17. The maximum Gasteiger partial charge on any atom is 0.229 e. The topological polar surface area (TPSA) is 121 Å². The van der Waals surface area contributed by atoms with Crippen LogP contribution in [-0.4, -0.2) is 48.2 Å². The van der Waals surface area contributed by atoms with Crippen LogP contribution in [0.3, 0.4) is 0 Å². The molecule has 0 aromatic carbocycles. The summed E-state index contributed by atoms with van der Waals surface area (Å²) in [5, 5.41) is 29.1. The lowest BCUT2D eigenvalue weighted by Crippen LogP contribution is -2.17. The maximum absolute atomic E-state index is 9.65. The fourth-order valence-electron chi connectivity index (χ4n) is 2.27. The molecule has 3 aromatic heterocycles. The number of aliphatic hydroxyl groups excluding tert-OH is 2. The van der Waals surface area contributed by atoms with Gasteiger partial charge in [-0.2, -0.15) is 10.1 Å². The highest BCUT2D eigenvalue weighted by molar-refractivity contribution is 6.32. The molecule has 3 aromatic rings. The lowest BCUT2D eigenvalue weighted by molar-refractivity contribution is 0.269. The normalized spacial score (nSPS) is 12.0. The molecule has 0 saturated heterocycles. The van der Waals surface area contributed by atoms with Crippen LogP contribution in [0.1, 0.15) is 11.7 Å². The van der Waals surface area contributed by atoms with Crippen LogP contribution in [0.5, 0.6) is 0 Å². The highest BCUT2D eigenvalue weighted by Crippen LogP contribution is 2.25. The van der Waals surface area contributed by atoms with Gasteiger partial charge in [0.1, 0.15) is 5.02 Å². The Morgan fingerprint density at radius 1 is 1.19 bits per heavy atom. The molecule has 0 aliphatic heterocycles. The zero-order valence-electron chi connectivity index (χ0n) is 13.7. The minimum absolute atomic E-state index is 0.00268. The first-order chi connectivity index (χ1) is 12.7. The third-order valence-corrected chi connectivity index (χ3v) is 3.78. The zero-order valence-corrected chi connectivity index (χ0v) is 14.5. The predicted octanol–water partition coefficient (Wildman–Crippen LogP) is 1.60. The van der Waals surface area contributed by atoms with Crippen LogP contribution in [0.25, 0.3) is 0 Å². The molecule has 0 unspecified atom stereocenters. The number of hydrogen-bond acceptors (Lipinski definition) is 8. The molecule has 0 aliphatic rings. The Hall–Kier alpha value is -2.75. The summed E-state index contributed by atoms with van der Waals surface area (Å²) in [6.07, 6.45) is 6.44. The summed E-state index contributed by atoms with van der Waals surface area (Å²) in [7, 11) is 0. The van der Waals surface area contributed by atoms with Crippen molar-refractivity contribution in [3.05, 3.63) is 53.7 Å². The van der Waals surface area contributed by atoms with E-state index in [9.17, 15) is 5.11 Å². The second kappa shape index (κ2) is 8.56. The van der Waals surface area contributed by atoms with Crippen molar-refractivity contribution >= 4 is 29.1 Å². The Labute approximate surface area is 154 Å². The van der Waals surface area contributed by atoms with Crippen LogP contribution in [0.15, 0.2) is 43.0 Å². The first-order valence-electron chi connectivity index (χ1n) is 7.91. The predicted molar refractivity (Wildman–Crippen MR) is 97.3 cm³/mol. The minimum atomic E-state index is -0.455. The van der Waals surface area contributed by atoms with E-state index in [4.69, 9.17) is 16.7 Å². The number of aromatic nitrogens is 5. The molecule has 3 rings (SSSR count). The van der Waals surface area contributed by atoms with Gasteiger partial charge in [-0.25, -0.2) is 4.98 Å². The quantitative estimate of drug-likeness (QED) is 0.468. The molecule has 0 spiro atoms. The number of anilines is 3. The fourth-order valence-corrected chi connectivity index (χ4v) is 2.42. The number of nitrogens with one attached hydrogen (secondary N) is 2. The van der Waals surface area contributed by atoms with E-state index in [0.29, 0.717) is 34.7 Å². The zero-order chi connectivity index (χ0) is 18.4. The standard InChI is InChI=1S/C16H18ClN7O2/c17-12-8-19-16(21-11-7-20-24(9-11)5-6-25)23-15(12)22-14(10-26)13-3-1-2-4-18-13/h1-4,7-9,14,25-26H,5-6,10H2,(H2,19,21,22,23)/t14-/m1/s1. The minimum Gasteiger partial charge on any atom is -0.394 e. The fraction of sp³-hybridized carbons (Fsp3) is 0.250. The number of pyridine rings is 1. The summed E-state index contributed by atoms with van der Waals surface area (Å²) in [4.78, 5) is 12.7. The number of aliphatic hydroxyl groups is 2. The summed E-state index contributed by atoms with van der Waals surface area (Å²) in [5.74, 6) is 0.690. The lowest BCUT2D eigenvalue weighted by Gasteiger charge is -2.17. The van der Waals surface area contributed by atoms with Gasteiger partial charge in [0.05, 0.1) is 49.6 Å². The molecule has 0 bridgehead atoms. The first kappa shape index (κ1) is 18.1.